The van der Waals surface area contributed by atoms with Gasteiger partial charge in [0.05, 0.1) is 8.07 Å². The van der Waals surface area contributed by atoms with Crippen LogP contribution in [-0.4, -0.2) is 28.8 Å². The molecule has 0 heterocycles. The lowest BCUT2D eigenvalue weighted by molar-refractivity contribution is 0.832. The zero-order chi connectivity index (χ0) is 12.5. The molecule has 4 heteroatoms. The third-order valence-electron chi connectivity index (χ3n) is 2.17. The lowest BCUT2D eigenvalue weighted by Crippen LogP contribution is -2.56. The minimum Gasteiger partial charge on any atom is -0.431 e. The van der Waals surface area contributed by atoms with Crippen LogP contribution in [0.2, 0.25) is 58.9 Å². The fourth-order valence-electron chi connectivity index (χ4n) is 1.75. The Balaban J connectivity index is 4.94. The SMILES string of the molecule is C[Si](C)(C)/C=C/N([Si](C)(C)C)[Si](C)(C)C. The van der Waals surface area contributed by atoms with E-state index in [0.29, 0.717) is 0 Å². The normalized spacial score (nSPS) is 14.7. The maximum absolute atomic E-state index is 2.73. The van der Waals surface area contributed by atoms with Crippen molar-refractivity contribution < 1.29 is 0 Å². The Kier molecular flexibility index (Phi) is 4.65. The lowest BCUT2D eigenvalue weighted by atomic mass is 11.1. The van der Waals surface area contributed by atoms with E-state index in [1.165, 1.54) is 0 Å². The molecule has 0 saturated carbocycles. The van der Waals surface area contributed by atoms with Crippen molar-refractivity contribution in [1.29, 1.82) is 0 Å². The molecule has 90 valence electrons. The van der Waals surface area contributed by atoms with Crippen molar-refractivity contribution in [3.05, 3.63) is 11.9 Å². The molecule has 0 bridgehead atoms. The lowest BCUT2D eigenvalue weighted by Gasteiger charge is -2.43. The second kappa shape index (κ2) is 4.59. The van der Waals surface area contributed by atoms with Crippen molar-refractivity contribution in [2.45, 2.75) is 58.9 Å². The van der Waals surface area contributed by atoms with Crippen LogP contribution in [0.5, 0.6) is 0 Å². The molecule has 0 amide bonds. The van der Waals surface area contributed by atoms with E-state index < -0.39 is 24.5 Å². The van der Waals surface area contributed by atoms with Gasteiger partial charge >= 0.3 is 0 Å². The highest BCUT2D eigenvalue weighted by Gasteiger charge is 2.31. The number of hydrogen-bond acceptors (Lipinski definition) is 1. The third-order valence-corrected chi connectivity index (χ3v) is 10.5. The van der Waals surface area contributed by atoms with Gasteiger partial charge in [-0.25, -0.2) is 0 Å². The van der Waals surface area contributed by atoms with Gasteiger partial charge in [0, 0.05) is 0 Å². The molecule has 0 aliphatic rings. The molecule has 0 N–H and O–H groups in total. The summed E-state index contributed by atoms with van der Waals surface area (Å²) in [6.45, 7) is 21.9. The highest BCUT2D eigenvalue weighted by Crippen LogP contribution is 2.20. The van der Waals surface area contributed by atoms with Crippen molar-refractivity contribution >= 4 is 24.5 Å². The maximum atomic E-state index is 2.73. The summed E-state index contributed by atoms with van der Waals surface area (Å²) in [6.07, 6.45) is 2.44. The average Bonchev–Trinajstić information content (AvgIpc) is 1.75. The quantitative estimate of drug-likeness (QED) is 0.679. The molecule has 0 aromatic rings. The molecule has 15 heavy (non-hydrogen) atoms. The third kappa shape index (κ3) is 6.37. The molecule has 0 atom stereocenters. The number of hydrogen-bond donors (Lipinski definition) is 0. The summed E-state index contributed by atoms with van der Waals surface area (Å²) < 4.78 is 2.73. The fourth-order valence-corrected chi connectivity index (χ4v) is 11.7. The summed E-state index contributed by atoms with van der Waals surface area (Å²) >= 11 is 0. The van der Waals surface area contributed by atoms with Crippen molar-refractivity contribution in [3.8, 4) is 0 Å². The maximum Gasteiger partial charge on any atom is 0.137 e. The Morgan fingerprint density at radius 2 is 1.00 bits per heavy atom. The van der Waals surface area contributed by atoms with Gasteiger partial charge in [-0.3, -0.25) is 0 Å². The molecule has 0 rings (SSSR count). The van der Waals surface area contributed by atoms with Crippen LogP contribution >= 0.6 is 0 Å². The summed E-state index contributed by atoms with van der Waals surface area (Å²) in [4.78, 5) is 0. The van der Waals surface area contributed by atoms with Crippen molar-refractivity contribution in [3.63, 3.8) is 0 Å². The molecule has 0 aliphatic carbocycles. The van der Waals surface area contributed by atoms with Gasteiger partial charge in [0.15, 0.2) is 0 Å². The summed E-state index contributed by atoms with van der Waals surface area (Å²) in [5.41, 5.74) is 2.49. The van der Waals surface area contributed by atoms with Crippen LogP contribution in [0, 0.1) is 0 Å². The highest BCUT2D eigenvalue weighted by atomic mass is 28.4. The Labute approximate surface area is 99.8 Å². The van der Waals surface area contributed by atoms with Gasteiger partial charge in [-0.05, 0) is 6.20 Å². The van der Waals surface area contributed by atoms with Crippen molar-refractivity contribution in [1.82, 2.24) is 4.23 Å². The van der Waals surface area contributed by atoms with Crippen LogP contribution in [0.3, 0.4) is 0 Å². The van der Waals surface area contributed by atoms with Gasteiger partial charge in [0.1, 0.15) is 16.5 Å². The summed E-state index contributed by atoms with van der Waals surface area (Å²) in [7, 11) is -3.44. The molecule has 0 spiro atoms. The van der Waals surface area contributed by atoms with E-state index >= 15 is 0 Å². The van der Waals surface area contributed by atoms with E-state index in [1.807, 2.05) is 0 Å². The van der Waals surface area contributed by atoms with Crippen molar-refractivity contribution in [2.75, 3.05) is 0 Å². The first kappa shape index (κ1) is 15.2. The van der Waals surface area contributed by atoms with E-state index in [1.54, 1.807) is 0 Å². The summed E-state index contributed by atoms with van der Waals surface area (Å²) in [5, 5.41) is 0. The van der Waals surface area contributed by atoms with E-state index in [2.05, 4.69) is 75.1 Å². The molecule has 0 saturated heterocycles. The molecule has 0 fully saturated rings. The van der Waals surface area contributed by atoms with E-state index in [4.69, 9.17) is 0 Å². The van der Waals surface area contributed by atoms with E-state index in [-0.39, 0.29) is 0 Å². The first-order chi connectivity index (χ1) is 6.34. The second-order valence-corrected chi connectivity index (χ2v) is 22.6. The van der Waals surface area contributed by atoms with Crippen LogP contribution in [0.25, 0.3) is 0 Å². The van der Waals surface area contributed by atoms with Gasteiger partial charge in [-0.2, -0.15) is 0 Å². The number of nitrogens with zero attached hydrogens (tertiary/aromatic N) is 1. The second-order valence-electron chi connectivity index (χ2n) is 7.39. The highest BCUT2D eigenvalue weighted by molar-refractivity contribution is 6.90. The predicted octanol–water partition coefficient (Wildman–Crippen LogP) is 4.35. The topological polar surface area (TPSA) is 3.24 Å². The predicted molar refractivity (Wildman–Crippen MR) is 81.0 cm³/mol. The van der Waals surface area contributed by atoms with Crippen molar-refractivity contribution in [2.24, 2.45) is 0 Å². The molecule has 0 aromatic heterocycles. The van der Waals surface area contributed by atoms with Crippen LogP contribution in [0.1, 0.15) is 0 Å². The van der Waals surface area contributed by atoms with Crippen LogP contribution < -0.4 is 0 Å². The molecule has 0 aliphatic heterocycles. The molecule has 0 radical (unpaired) electrons. The molecular weight excluding hydrogens is 230 g/mol. The first-order valence-electron chi connectivity index (χ1n) is 5.83. The van der Waals surface area contributed by atoms with Crippen LogP contribution in [-0.2, 0) is 0 Å². The zero-order valence-corrected chi connectivity index (χ0v) is 15.1. The van der Waals surface area contributed by atoms with Gasteiger partial charge in [0.2, 0.25) is 0 Å². The Morgan fingerprint density at radius 1 is 0.667 bits per heavy atom. The molecule has 0 aromatic carbocycles. The fraction of sp³-hybridized carbons (Fsp3) is 0.818. The van der Waals surface area contributed by atoms with Gasteiger partial charge in [0.25, 0.3) is 0 Å². The van der Waals surface area contributed by atoms with Crippen LogP contribution in [0.4, 0.5) is 0 Å². The zero-order valence-electron chi connectivity index (χ0n) is 12.1. The van der Waals surface area contributed by atoms with Crippen LogP contribution in [0.15, 0.2) is 11.9 Å². The van der Waals surface area contributed by atoms with Gasteiger partial charge in [-0.15, -0.1) is 0 Å². The number of rotatable bonds is 4. The molecule has 1 nitrogen and oxygen atoms in total. The first-order valence-corrected chi connectivity index (χ1v) is 16.3. The van der Waals surface area contributed by atoms with E-state index in [9.17, 15) is 0 Å². The summed E-state index contributed by atoms with van der Waals surface area (Å²) in [5.74, 6) is 0. The monoisotopic (exact) mass is 259 g/mol. The minimum absolute atomic E-state index is 1.06. The molecular formula is C11H29NSi3. The summed E-state index contributed by atoms with van der Waals surface area (Å²) in [6, 6.07) is 0. The Morgan fingerprint density at radius 3 is 1.20 bits per heavy atom. The minimum atomic E-state index is -1.19. The average molecular weight is 260 g/mol. The van der Waals surface area contributed by atoms with E-state index in [0.717, 1.165) is 0 Å². The Hall–Kier alpha value is 0.191. The van der Waals surface area contributed by atoms with Gasteiger partial charge in [-0.1, -0.05) is 64.6 Å². The van der Waals surface area contributed by atoms with Gasteiger partial charge < -0.3 is 4.23 Å². The largest absolute Gasteiger partial charge is 0.431 e. The Bertz CT molecular complexity index is 214. The molecule has 0 unspecified atom stereocenters. The standard InChI is InChI=1S/C11H29NSi3/c1-13(2,3)11-10-12(14(4,5)6)15(7,8)9/h10-11H,1-9H3/b11-10+. The smallest absolute Gasteiger partial charge is 0.137 e.